The van der Waals surface area contributed by atoms with Gasteiger partial charge in [-0.2, -0.15) is 5.26 Å². The molecule has 7 nitrogen and oxygen atoms in total. The molecular weight excluding hydrogens is 342 g/mol. The summed E-state index contributed by atoms with van der Waals surface area (Å²) in [5, 5.41) is 11.6. The van der Waals surface area contributed by atoms with E-state index in [0.717, 1.165) is 10.6 Å². The highest BCUT2D eigenvalue weighted by molar-refractivity contribution is 7.92. The zero-order valence-electron chi connectivity index (χ0n) is 13.8. The third-order valence-electron chi connectivity index (χ3n) is 3.33. The van der Waals surface area contributed by atoms with Gasteiger partial charge in [-0.05, 0) is 30.3 Å². The Bertz CT molecular complexity index is 919. The summed E-state index contributed by atoms with van der Waals surface area (Å²) < 4.78 is 30.3. The number of carbonyl (C=O) groups is 1. The van der Waals surface area contributed by atoms with Gasteiger partial charge in [-0.15, -0.1) is 0 Å². The highest BCUT2D eigenvalue weighted by Crippen LogP contribution is 2.24. The van der Waals surface area contributed by atoms with Crippen molar-refractivity contribution in [3.8, 4) is 11.8 Å². The van der Waals surface area contributed by atoms with Gasteiger partial charge in [0.1, 0.15) is 12.3 Å². The lowest BCUT2D eigenvalue weighted by atomic mass is 10.2. The number of para-hydroxylation sites is 2. The molecule has 130 valence electrons. The van der Waals surface area contributed by atoms with E-state index < -0.39 is 22.5 Å². The molecule has 2 aromatic carbocycles. The maximum absolute atomic E-state index is 12.3. The molecule has 0 saturated heterocycles. The number of amides is 1. The van der Waals surface area contributed by atoms with Gasteiger partial charge in [-0.25, -0.2) is 8.42 Å². The number of methoxy groups -OCH3 is 1. The van der Waals surface area contributed by atoms with E-state index in [1.54, 1.807) is 36.4 Å². The van der Waals surface area contributed by atoms with E-state index in [1.165, 1.54) is 19.2 Å². The summed E-state index contributed by atoms with van der Waals surface area (Å²) in [6.45, 7) is -0.425. The van der Waals surface area contributed by atoms with Crippen molar-refractivity contribution in [1.82, 2.24) is 0 Å². The molecule has 0 unspecified atom stereocenters. The van der Waals surface area contributed by atoms with Crippen LogP contribution in [0.25, 0.3) is 0 Å². The van der Waals surface area contributed by atoms with Crippen LogP contribution in [0, 0.1) is 11.3 Å². The molecule has 0 heterocycles. The fourth-order valence-corrected chi connectivity index (χ4v) is 3.05. The van der Waals surface area contributed by atoms with E-state index in [1.807, 2.05) is 6.07 Å². The predicted octanol–water partition coefficient (Wildman–Crippen LogP) is 1.97. The maximum atomic E-state index is 12.3. The number of carbonyl (C=O) groups excluding carboxylic acids is 1. The van der Waals surface area contributed by atoms with Crippen molar-refractivity contribution >= 4 is 27.3 Å². The zero-order chi connectivity index (χ0) is 18.4. The lowest BCUT2D eigenvalue weighted by Gasteiger charge is -2.22. The summed E-state index contributed by atoms with van der Waals surface area (Å²) in [6, 6.07) is 14.8. The first-order valence-corrected chi connectivity index (χ1v) is 9.10. The van der Waals surface area contributed by atoms with Crippen LogP contribution in [0.4, 0.5) is 11.4 Å². The monoisotopic (exact) mass is 359 g/mol. The second-order valence-corrected chi connectivity index (χ2v) is 7.09. The molecule has 0 radical (unpaired) electrons. The van der Waals surface area contributed by atoms with Gasteiger partial charge in [-0.1, -0.05) is 18.2 Å². The van der Waals surface area contributed by atoms with Crippen LogP contribution < -0.4 is 14.4 Å². The number of nitrogens with zero attached hydrogens (tertiary/aromatic N) is 2. The number of anilines is 2. The van der Waals surface area contributed by atoms with Crippen LogP contribution in [0.5, 0.6) is 5.75 Å². The van der Waals surface area contributed by atoms with Crippen molar-refractivity contribution in [1.29, 1.82) is 5.26 Å². The van der Waals surface area contributed by atoms with Gasteiger partial charge in [0.15, 0.2) is 0 Å². The fourth-order valence-electron chi connectivity index (χ4n) is 2.20. The molecule has 0 aromatic heterocycles. The Labute approximate surface area is 146 Å². The third-order valence-corrected chi connectivity index (χ3v) is 4.47. The molecular formula is C17H17N3O4S. The number of benzene rings is 2. The molecule has 1 N–H and O–H groups in total. The third kappa shape index (κ3) is 4.71. The average Bonchev–Trinajstić information content (AvgIpc) is 2.59. The van der Waals surface area contributed by atoms with Gasteiger partial charge >= 0.3 is 0 Å². The Morgan fingerprint density at radius 3 is 2.60 bits per heavy atom. The molecule has 0 aliphatic heterocycles. The van der Waals surface area contributed by atoms with Crippen LogP contribution in [-0.2, 0) is 14.8 Å². The number of sulfonamides is 1. The lowest BCUT2D eigenvalue weighted by molar-refractivity contribution is -0.114. The van der Waals surface area contributed by atoms with E-state index in [2.05, 4.69) is 5.32 Å². The van der Waals surface area contributed by atoms with Crippen LogP contribution in [0.3, 0.4) is 0 Å². The molecule has 2 rings (SSSR count). The van der Waals surface area contributed by atoms with Crippen LogP contribution in [0.1, 0.15) is 5.56 Å². The SMILES string of the molecule is COc1ccccc1NC(=O)CN(c1cccc(C#N)c1)S(C)(=O)=O. The van der Waals surface area contributed by atoms with Gasteiger partial charge in [0.2, 0.25) is 15.9 Å². The van der Waals surface area contributed by atoms with Gasteiger partial charge in [-0.3, -0.25) is 9.10 Å². The molecule has 8 heteroatoms. The van der Waals surface area contributed by atoms with Crippen LogP contribution >= 0.6 is 0 Å². The van der Waals surface area contributed by atoms with E-state index in [-0.39, 0.29) is 5.69 Å². The van der Waals surface area contributed by atoms with Crippen molar-refractivity contribution in [2.45, 2.75) is 0 Å². The normalized spacial score (nSPS) is 10.6. The zero-order valence-corrected chi connectivity index (χ0v) is 14.6. The topological polar surface area (TPSA) is 99.5 Å². The average molecular weight is 359 g/mol. The number of rotatable bonds is 6. The minimum atomic E-state index is -3.71. The number of hydrogen-bond donors (Lipinski definition) is 1. The standard InChI is InChI=1S/C17H17N3O4S/c1-24-16-9-4-3-8-15(16)19-17(21)12-20(25(2,22)23)14-7-5-6-13(10-14)11-18/h3-10H,12H2,1-2H3,(H,19,21). The highest BCUT2D eigenvalue weighted by Gasteiger charge is 2.21. The van der Waals surface area contributed by atoms with Gasteiger partial charge in [0, 0.05) is 0 Å². The second kappa shape index (κ2) is 7.68. The Hall–Kier alpha value is -3.05. The van der Waals surface area contributed by atoms with Crippen LogP contribution in [-0.4, -0.2) is 34.2 Å². The molecule has 1 amide bonds. The first kappa shape index (κ1) is 18.3. The van der Waals surface area contributed by atoms with Crippen molar-refractivity contribution in [2.24, 2.45) is 0 Å². The molecule has 2 aromatic rings. The summed E-state index contributed by atoms with van der Waals surface area (Å²) >= 11 is 0. The first-order valence-electron chi connectivity index (χ1n) is 7.26. The lowest BCUT2D eigenvalue weighted by Crippen LogP contribution is -2.37. The number of ether oxygens (including phenoxy) is 1. The fraction of sp³-hybridized carbons (Fsp3) is 0.176. The summed E-state index contributed by atoms with van der Waals surface area (Å²) in [5.41, 5.74) is 0.988. The molecule has 25 heavy (non-hydrogen) atoms. The molecule has 0 fully saturated rings. The number of hydrogen-bond acceptors (Lipinski definition) is 5. The van der Waals surface area contributed by atoms with E-state index in [0.29, 0.717) is 17.0 Å². The molecule has 0 saturated carbocycles. The highest BCUT2D eigenvalue weighted by atomic mass is 32.2. The summed E-state index contributed by atoms with van der Waals surface area (Å²) in [4.78, 5) is 12.3. The molecule has 0 spiro atoms. The molecule has 0 aliphatic carbocycles. The second-order valence-electron chi connectivity index (χ2n) is 5.18. The van der Waals surface area contributed by atoms with Gasteiger partial charge in [0.25, 0.3) is 0 Å². The minimum absolute atomic E-state index is 0.247. The Balaban J connectivity index is 2.26. The Morgan fingerprint density at radius 2 is 1.96 bits per heavy atom. The molecule has 0 aliphatic rings. The number of nitriles is 1. The Morgan fingerprint density at radius 1 is 1.24 bits per heavy atom. The van der Waals surface area contributed by atoms with Crippen molar-refractivity contribution < 1.29 is 17.9 Å². The van der Waals surface area contributed by atoms with E-state index in [4.69, 9.17) is 10.00 Å². The van der Waals surface area contributed by atoms with Gasteiger partial charge < -0.3 is 10.1 Å². The molecule has 0 bridgehead atoms. The number of nitrogens with one attached hydrogen (secondary N) is 1. The Kier molecular flexibility index (Phi) is 5.62. The van der Waals surface area contributed by atoms with Crippen molar-refractivity contribution in [3.05, 3.63) is 54.1 Å². The largest absolute Gasteiger partial charge is 0.495 e. The minimum Gasteiger partial charge on any atom is -0.495 e. The molecule has 0 atom stereocenters. The van der Waals surface area contributed by atoms with Crippen LogP contribution in [0.15, 0.2) is 48.5 Å². The van der Waals surface area contributed by atoms with Crippen LogP contribution in [0.2, 0.25) is 0 Å². The maximum Gasteiger partial charge on any atom is 0.245 e. The first-order chi connectivity index (χ1) is 11.8. The summed E-state index contributed by atoms with van der Waals surface area (Å²) in [6.07, 6.45) is 1.00. The smallest absolute Gasteiger partial charge is 0.245 e. The van der Waals surface area contributed by atoms with E-state index in [9.17, 15) is 13.2 Å². The van der Waals surface area contributed by atoms with Crippen molar-refractivity contribution in [2.75, 3.05) is 29.5 Å². The quantitative estimate of drug-likeness (QED) is 0.850. The van der Waals surface area contributed by atoms with E-state index >= 15 is 0 Å². The summed E-state index contributed by atoms with van der Waals surface area (Å²) in [5.74, 6) is -0.0643. The summed E-state index contributed by atoms with van der Waals surface area (Å²) in [7, 11) is -2.24. The predicted molar refractivity (Wildman–Crippen MR) is 95.0 cm³/mol. The van der Waals surface area contributed by atoms with Gasteiger partial charge in [0.05, 0.1) is 36.4 Å². The van der Waals surface area contributed by atoms with Crippen molar-refractivity contribution in [3.63, 3.8) is 0 Å².